The van der Waals surface area contributed by atoms with Gasteiger partial charge in [0.05, 0.1) is 17.8 Å². The van der Waals surface area contributed by atoms with Crippen molar-refractivity contribution in [3.05, 3.63) is 75.5 Å². The highest BCUT2D eigenvalue weighted by molar-refractivity contribution is 7.89. The summed E-state index contributed by atoms with van der Waals surface area (Å²) in [7, 11) is -2.75. The molecule has 39 heavy (non-hydrogen) atoms. The number of esters is 1. The molecule has 1 fully saturated rings. The van der Waals surface area contributed by atoms with Crippen molar-refractivity contribution in [2.75, 3.05) is 26.7 Å². The zero-order valence-electron chi connectivity index (χ0n) is 21.9. The molecule has 1 saturated heterocycles. The lowest BCUT2D eigenvalue weighted by molar-refractivity contribution is 0.0569. The van der Waals surface area contributed by atoms with Gasteiger partial charge in [0.1, 0.15) is 16.2 Å². The summed E-state index contributed by atoms with van der Waals surface area (Å²) in [5.74, 6) is -1.13. The van der Waals surface area contributed by atoms with Crippen LogP contribution in [0.4, 0.5) is 0 Å². The summed E-state index contributed by atoms with van der Waals surface area (Å²) in [6, 6.07) is 12.8. The van der Waals surface area contributed by atoms with Crippen LogP contribution in [-0.4, -0.2) is 72.3 Å². The van der Waals surface area contributed by atoms with E-state index in [-0.39, 0.29) is 51.8 Å². The number of piperazine rings is 1. The van der Waals surface area contributed by atoms with Crippen LogP contribution in [0.5, 0.6) is 0 Å². The van der Waals surface area contributed by atoms with Gasteiger partial charge >= 0.3 is 5.97 Å². The summed E-state index contributed by atoms with van der Waals surface area (Å²) in [4.78, 5) is 37.3. The van der Waals surface area contributed by atoms with Gasteiger partial charge in [-0.1, -0.05) is 67.4 Å². The van der Waals surface area contributed by atoms with E-state index in [4.69, 9.17) is 27.9 Å². The van der Waals surface area contributed by atoms with Crippen LogP contribution in [0.2, 0.25) is 10.0 Å². The van der Waals surface area contributed by atoms with Crippen LogP contribution in [0.15, 0.2) is 53.4 Å². The van der Waals surface area contributed by atoms with Gasteiger partial charge in [0, 0.05) is 36.3 Å². The van der Waals surface area contributed by atoms with Crippen LogP contribution in [0, 0.1) is 0 Å². The minimum atomic E-state index is -3.99. The fourth-order valence-electron chi connectivity index (χ4n) is 4.50. The molecule has 0 aliphatic carbocycles. The molecule has 1 aliphatic heterocycles. The van der Waals surface area contributed by atoms with Gasteiger partial charge in [-0.3, -0.25) is 4.79 Å². The molecule has 0 N–H and O–H groups in total. The van der Waals surface area contributed by atoms with E-state index in [0.29, 0.717) is 17.1 Å². The van der Waals surface area contributed by atoms with E-state index in [1.165, 1.54) is 34.5 Å². The molecule has 0 radical (unpaired) electrons. The molecule has 0 saturated carbocycles. The van der Waals surface area contributed by atoms with E-state index in [1.807, 2.05) is 44.2 Å². The molecule has 12 heteroatoms. The number of methoxy groups -OCH3 is 1. The molecule has 206 valence electrons. The van der Waals surface area contributed by atoms with Gasteiger partial charge < -0.3 is 9.64 Å². The first-order valence-electron chi connectivity index (χ1n) is 12.3. The summed E-state index contributed by atoms with van der Waals surface area (Å²) in [5.41, 5.74) is 1.00. The highest BCUT2D eigenvalue weighted by Gasteiger charge is 2.38. The van der Waals surface area contributed by atoms with Crippen LogP contribution in [0.3, 0.4) is 0 Å². The molecule has 0 spiro atoms. The predicted octanol–water partition coefficient (Wildman–Crippen LogP) is 4.90. The second-order valence-corrected chi connectivity index (χ2v) is 12.2. The molecular weight excluding hydrogens is 563 g/mol. The molecule has 9 nitrogen and oxygen atoms in total. The van der Waals surface area contributed by atoms with Gasteiger partial charge in [0.15, 0.2) is 5.82 Å². The molecule has 1 amide bonds. The van der Waals surface area contributed by atoms with Crippen molar-refractivity contribution in [2.24, 2.45) is 0 Å². The maximum absolute atomic E-state index is 13.9. The van der Waals surface area contributed by atoms with E-state index in [0.717, 1.165) is 0 Å². The van der Waals surface area contributed by atoms with E-state index in [9.17, 15) is 18.0 Å². The van der Waals surface area contributed by atoms with Crippen LogP contribution < -0.4 is 0 Å². The number of hydrogen-bond acceptors (Lipinski definition) is 7. The summed E-state index contributed by atoms with van der Waals surface area (Å²) in [5, 5.41) is 0.303. The SMILES string of the molecule is COC(=O)c1c(C(=O)N2CCN(S(=O)(=O)c3cc(Cl)ccc3Cl)C(C)C2)nc(-c2ccccc2)nc1C(C)C. The Morgan fingerprint density at radius 3 is 2.36 bits per heavy atom. The topological polar surface area (TPSA) is 110 Å². The van der Waals surface area contributed by atoms with Crippen LogP contribution in [0.25, 0.3) is 11.4 Å². The van der Waals surface area contributed by atoms with E-state index >= 15 is 0 Å². The Hall–Kier alpha value is -3.05. The summed E-state index contributed by atoms with van der Waals surface area (Å²) >= 11 is 12.2. The number of nitrogens with zero attached hydrogens (tertiary/aromatic N) is 4. The first kappa shape index (κ1) is 28.9. The van der Waals surface area contributed by atoms with Crippen molar-refractivity contribution in [1.82, 2.24) is 19.2 Å². The summed E-state index contributed by atoms with van der Waals surface area (Å²) in [6.07, 6.45) is 0. The van der Waals surface area contributed by atoms with E-state index in [1.54, 1.807) is 6.92 Å². The Kier molecular flexibility index (Phi) is 8.60. The average molecular weight is 592 g/mol. The lowest BCUT2D eigenvalue weighted by Crippen LogP contribution is -2.55. The quantitative estimate of drug-likeness (QED) is 0.376. The summed E-state index contributed by atoms with van der Waals surface area (Å²) < 4.78 is 33.1. The number of hydrogen-bond donors (Lipinski definition) is 0. The van der Waals surface area contributed by atoms with E-state index < -0.39 is 27.9 Å². The number of sulfonamides is 1. The van der Waals surface area contributed by atoms with Gasteiger partial charge in [0.2, 0.25) is 10.0 Å². The van der Waals surface area contributed by atoms with Crippen LogP contribution in [-0.2, 0) is 14.8 Å². The number of carbonyl (C=O) groups excluding carboxylic acids is 2. The van der Waals surface area contributed by atoms with Gasteiger partial charge in [-0.2, -0.15) is 4.31 Å². The van der Waals surface area contributed by atoms with Gasteiger partial charge in [-0.05, 0) is 31.0 Å². The molecule has 2 aromatic carbocycles. The molecule has 3 aromatic rings. The average Bonchev–Trinajstić information content (AvgIpc) is 2.92. The minimum Gasteiger partial charge on any atom is -0.465 e. The largest absolute Gasteiger partial charge is 0.465 e. The minimum absolute atomic E-state index is 0.00518. The lowest BCUT2D eigenvalue weighted by Gasteiger charge is -2.39. The number of rotatable bonds is 6. The smallest absolute Gasteiger partial charge is 0.342 e. The third kappa shape index (κ3) is 5.79. The van der Waals surface area contributed by atoms with Gasteiger partial charge in [-0.15, -0.1) is 0 Å². The number of benzene rings is 2. The van der Waals surface area contributed by atoms with Crippen molar-refractivity contribution in [3.63, 3.8) is 0 Å². The Labute approximate surface area is 237 Å². The Morgan fingerprint density at radius 2 is 1.74 bits per heavy atom. The lowest BCUT2D eigenvalue weighted by atomic mass is 10.0. The maximum atomic E-state index is 13.9. The van der Waals surface area contributed by atoms with Gasteiger partial charge in [0.25, 0.3) is 5.91 Å². The molecule has 1 unspecified atom stereocenters. The molecule has 1 atom stereocenters. The van der Waals surface area contributed by atoms with E-state index in [2.05, 4.69) is 9.97 Å². The fraction of sp³-hybridized carbons (Fsp3) is 0.333. The van der Waals surface area contributed by atoms with Crippen molar-refractivity contribution in [1.29, 1.82) is 0 Å². The third-order valence-electron chi connectivity index (χ3n) is 6.44. The van der Waals surface area contributed by atoms with Crippen LogP contribution in [0.1, 0.15) is 53.2 Å². The highest BCUT2D eigenvalue weighted by Crippen LogP contribution is 2.31. The third-order valence-corrected chi connectivity index (χ3v) is 9.17. The molecule has 2 heterocycles. The van der Waals surface area contributed by atoms with Crippen molar-refractivity contribution >= 4 is 45.1 Å². The normalized spacial score (nSPS) is 16.4. The Morgan fingerprint density at radius 1 is 1.05 bits per heavy atom. The fourth-order valence-corrected chi connectivity index (χ4v) is 6.86. The second kappa shape index (κ2) is 11.6. The molecule has 4 rings (SSSR count). The number of amides is 1. The standard InChI is InChI=1S/C27H28Cl2N4O5S/c1-16(2)23-22(27(35)38-4)24(31-25(30-23)18-8-6-5-7-9-18)26(34)32-12-13-33(17(3)15-32)39(36,37)21-14-19(28)10-11-20(21)29/h5-11,14,16-17H,12-13,15H2,1-4H3. The first-order valence-corrected chi connectivity index (χ1v) is 14.5. The number of halogens is 2. The Bertz CT molecular complexity index is 1520. The highest BCUT2D eigenvalue weighted by atomic mass is 35.5. The number of ether oxygens (including phenoxy) is 1. The zero-order chi connectivity index (χ0) is 28.5. The monoisotopic (exact) mass is 590 g/mol. The van der Waals surface area contributed by atoms with Crippen LogP contribution >= 0.6 is 23.2 Å². The Balaban J connectivity index is 1.71. The maximum Gasteiger partial charge on any atom is 0.342 e. The van der Waals surface area contributed by atoms with Crippen molar-refractivity contribution in [3.8, 4) is 11.4 Å². The number of carbonyl (C=O) groups is 2. The van der Waals surface area contributed by atoms with Crippen molar-refractivity contribution in [2.45, 2.75) is 37.6 Å². The molecule has 1 aliphatic rings. The first-order chi connectivity index (χ1) is 18.4. The summed E-state index contributed by atoms with van der Waals surface area (Å²) in [6.45, 7) is 5.58. The zero-order valence-corrected chi connectivity index (χ0v) is 24.2. The van der Waals surface area contributed by atoms with Crippen molar-refractivity contribution < 1.29 is 22.7 Å². The molecular formula is C27H28Cl2N4O5S. The number of aromatic nitrogens is 2. The second-order valence-electron chi connectivity index (χ2n) is 9.46. The molecule has 1 aromatic heterocycles. The molecule has 0 bridgehead atoms. The predicted molar refractivity (Wildman–Crippen MR) is 149 cm³/mol. The van der Waals surface area contributed by atoms with Gasteiger partial charge in [-0.25, -0.2) is 23.2 Å².